The molecule has 1 aromatic heterocycles. The minimum absolute atomic E-state index is 0.214. The van der Waals surface area contributed by atoms with Gasteiger partial charge in [0, 0.05) is 6.20 Å². The van der Waals surface area contributed by atoms with E-state index in [2.05, 4.69) is 20.6 Å². The fourth-order valence-corrected chi connectivity index (χ4v) is 3.03. The van der Waals surface area contributed by atoms with Crippen molar-refractivity contribution < 1.29 is 4.79 Å². The molecule has 5 nitrogen and oxygen atoms in total. The highest BCUT2D eigenvalue weighted by atomic mass is 35.5. The number of carbonyl (C=O) groups excluding carboxylic acids is 1. The van der Waals surface area contributed by atoms with Crippen LogP contribution in [0.2, 0.25) is 10.0 Å². The number of nitrogens with zero attached hydrogens (tertiary/aromatic N) is 2. The van der Waals surface area contributed by atoms with Gasteiger partial charge in [-0.05, 0) is 49.2 Å². The molecule has 3 aromatic rings. The topological polar surface area (TPSA) is 66.9 Å². The van der Waals surface area contributed by atoms with Crippen molar-refractivity contribution in [2.45, 2.75) is 13.8 Å². The van der Waals surface area contributed by atoms with Crippen LogP contribution in [0.25, 0.3) is 0 Å². The first kappa shape index (κ1) is 18.2. The lowest BCUT2D eigenvalue weighted by Gasteiger charge is -2.12. The van der Waals surface area contributed by atoms with Crippen LogP contribution in [0, 0.1) is 13.8 Å². The zero-order chi connectivity index (χ0) is 18.7. The molecule has 1 amide bonds. The molecule has 0 saturated heterocycles. The molecule has 0 bridgehead atoms. The van der Waals surface area contributed by atoms with Gasteiger partial charge in [0.25, 0.3) is 5.91 Å². The van der Waals surface area contributed by atoms with Crippen molar-refractivity contribution in [3.8, 4) is 0 Å². The van der Waals surface area contributed by atoms with Crippen LogP contribution in [0.15, 0.2) is 48.7 Å². The third-order valence-corrected chi connectivity index (χ3v) is 4.31. The molecule has 0 unspecified atom stereocenters. The first-order valence-electron chi connectivity index (χ1n) is 7.87. The number of rotatable bonds is 4. The van der Waals surface area contributed by atoms with E-state index in [9.17, 15) is 4.79 Å². The van der Waals surface area contributed by atoms with Gasteiger partial charge in [-0.15, -0.1) is 0 Å². The fourth-order valence-electron chi connectivity index (χ4n) is 2.48. The molecule has 2 aromatic carbocycles. The standard InChI is InChI=1S/C19H16Cl2N4O/c1-11-9-12(2)17(14(21)10-11)25-18(26)16-7-8-22-19(24-16)23-15-6-4-3-5-13(15)20/h3-10H,1-2H3,(H,25,26)(H,22,23,24). The maximum atomic E-state index is 12.6. The summed E-state index contributed by atoms with van der Waals surface area (Å²) in [5.74, 6) is -0.0964. The summed E-state index contributed by atoms with van der Waals surface area (Å²) < 4.78 is 0. The average Bonchev–Trinajstić information content (AvgIpc) is 2.60. The van der Waals surface area contributed by atoms with Gasteiger partial charge in [0.15, 0.2) is 0 Å². The molecule has 26 heavy (non-hydrogen) atoms. The van der Waals surface area contributed by atoms with Crippen LogP contribution < -0.4 is 10.6 Å². The van der Waals surface area contributed by atoms with E-state index in [1.54, 1.807) is 18.2 Å². The van der Waals surface area contributed by atoms with Crippen molar-refractivity contribution in [1.29, 1.82) is 0 Å². The average molecular weight is 387 g/mol. The Bertz CT molecular complexity index is 952. The summed E-state index contributed by atoms with van der Waals surface area (Å²) in [6.07, 6.45) is 1.50. The Kier molecular flexibility index (Phi) is 5.40. The maximum Gasteiger partial charge on any atom is 0.274 e. The third-order valence-electron chi connectivity index (χ3n) is 3.68. The minimum Gasteiger partial charge on any atom is -0.323 e. The van der Waals surface area contributed by atoms with E-state index in [1.165, 1.54) is 12.3 Å². The van der Waals surface area contributed by atoms with E-state index >= 15 is 0 Å². The molecule has 0 atom stereocenters. The quantitative estimate of drug-likeness (QED) is 0.629. The van der Waals surface area contributed by atoms with Gasteiger partial charge in [-0.3, -0.25) is 4.79 Å². The van der Waals surface area contributed by atoms with E-state index in [1.807, 2.05) is 32.0 Å². The molecule has 132 valence electrons. The molecule has 0 aliphatic carbocycles. The van der Waals surface area contributed by atoms with Gasteiger partial charge in [0.2, 0.25) is 5.95 Å². The summed E-state index contributed by atoms with van der Waals surface area (Å²) in [6, 6.07) is 12.5. The molecule has 0 aliphatic heterocycles. The van der Waals surface area contributed by atoms with E-state index in [-0.39, 0.29) is 17.5 Å². The van der Waals surface area contributed by atoms with Crippen LogP contribution in [0.5, 0.6) is 0 Å². The van der Waals surface area contributed by atoms with E-state index in [4.69, 9.17) is 23.2 Å². The predicted octanol–water partition coefficient (Wildman–Crippen LogP) is 5.40. The number of carbonyl (C=O) groups is 1. The number of halogens is 2. The van der Waals surface area contributed by atoms with Gasteiger partial charge in [-0.25, -0.2) is 9.97 Å². The Morgan fingerprint density at radius 3 is 2.54 bits per heavy atom. The van der Waals surface area contributed by atoms with E-state index < -0.39 is 0 Å². The van der Waals surface area contributed by atoms with Crippen molar-refractivity contribution in [1.82, 2.24) is 9.97 Å². The number of aromatic nitrogens is 2. The lowest BCUT2D eigenvalue weighted by atomic mass is 10.1. The number of hydrogen-bond acceptors (Lipinski definition) is 4. The van der Waals surface area contributed by atoms with Gasteiger partial charge in [0.1, 0.15) is 5.69 Å². The van der Waals surface area contributed by atoms with Crippen molar-refractivity contribution in [2.75, 3.05) is 10.6 Å². The molecule has 2 N–H and O–H groups in total. The predicted molar refractivity (Wildman–Crippen MR) is 106 cm³/mol. The number of anilines is 3. The Balaban J connectivity index is 1.82. The van der Waals surface area contributed by atoms with Gasteiger partial charge in [-0.2, -0.15) is 0 Å². The van der Waals surface area contributed by atoms with Gasteiger partial charge < -0.3 is 10.6 Å². The summed E-state index contributed by atoms with van der Waals surface area (Å²) in [7, 11) is 0. The summed E-state index contributed by atoms with van der Waals surface area (Å²) in [4.78, 5) is 20.9. The van der Waals surface area contributed by atoms with Crippen molar-refractivity contribution in [2.24, 2.45) is 0 Å². The Morgan fingerprint density at radius 1 is 1.04 bits per heavy atom. The molecule has 0 fully saturated rings. The zero-order valence-corrected chi connectivity index (χ0v) is 15.7. The monoisotopic (exact) mass is 386 g/mol. The van der Waals surface area contributed by atoms with Crippen LogP contribution >= 0.6 is 23.2 Å². The normalized spacial score (nSPS) is 10.5. The highest BCUT2D eigenvalue weighted by molar-refractivity contribution is 6.34. The van der Waals surface area contributed by atoms with Crippen LogP contribution in [0.4, 0.5) is 17.3 Å². The number of nitrogens with one attached hydrogen (secondary N) is 2. The first-order chi connectivity index (χ1) is 12.4. The largest absolute Gasteiger partial charge is 0.323 e. The van der Waals surface area contributed by atoms with Crippen LogP contribution in [0.1, 0.15) is 21.6 Å². The third kappa shape index (κ3) is 4.12. The fraction of sp³-hybridized carbons (Fsp3) is 0.105. The molecule has 7 heteroatoms. The second-order valence-electron chi connectivity index (χ2n) is 5.76. The summed E-state index contributed by atoms with van der Waals surface area (Å²) in [6.45, 7) is 3.83. The molecule has 0 aliphatic rings. The van der Waals surface area contributed by atoms with Crippen LogP contribution in [-0.2, 0) is 0 Å². The molecule has 0 radical (unpaired) electrons. The molecule has 0 saturated carbocycles. The van der Waals surface area contributed by atoms with Crippen LogP contribution in [-0.4, -0.2) is 15.9 Å². The SMILES string of the molecule is Cc1cc(C)c(NC(=O)c2ccnc(Nc3ccccc3Cl)n2)c(Cl)c1. The number of amides is 1. The van der Waals surface area contributed by atoms with E-state index in [0.717, 1.165) is 11.1 Å². The second-order valence-corrected chi connectivity index (χ2v) is 6.58. The zero-order valence-electron chi connectivity index (χ0n) is 14.2. The summed E-state index contributed by atoms with van der Waals surface area (Å²) in [5, 5.41) is 6.83. The van der Waals surface area contributed by atoms with Gasteiger partial charge in [-0.1, -0.05) is 41.4 Å². The number of para-hydroxylation sites is 1. The molecule has 3 rings (SSSR count). The lowest BCUT2D eigenvalue weighted by Crippen LogP contribution is -2.16. The van der Waals surface area contributed by atoms with Gasteiger partial charge >= 0.3 is 0 Å². The highest BCUT2D eigenvalue weighted by Gasteiger charge is 2.13. The number of benzene rings is 2. The first-order valence-corrected chi connectivity index (χ1v) is 8.62. The Hall–Kier alpha value is -2.63. The van der Waals surface area contributed by atoms with Crippen molar-refractivity contribution in [3.05, 3.63) is 75.5 Å². The van der Waals surface area contributed by atoms with Crippen molar-refractivity contribution in [3.63, 3.8) is 0 Å². The molecule has 1 heterocycles. The lowest BCUT2D eigenvalue weighted by molar-refractivity contribution is 0.102. The van der Waals surface area contributed by atoms with Crippen molar-refractivity contribution >= 4 is 46.4 Å². The summed E-state index contributed by atoms with van der Waals surface area (Å²) >= 11 is 12.4. The van der Waals surface area contributed by atoms with E-state index in [0.29, 0.717) is 21.4 Å². The highest BCUT2D eigenvalue weighted by Crippen LogP contribution is 2.28. The molecular weight excluding hydrogens is 371 g/mol. The number of hydrogen-bond donors (Lipinski definition) is 2. The Labute approximate surface area is 161 Å². The maximum absolute atomic E-state index is 12.6. The Morgan fingerprint density at radius 2 is 1.81 bits per heavy atom. The smallest absolute Gasteiger partial charge is 0.274 e. The minimum atomic E-state index is -0.372. The number of aryl methyl sites for hydroxylation is 2. The van der Waals surface area contributed by atoms with Gasteiger partial charge in [0.05, 0.1) is 21.4 Å². The molecular formula is C19H16Cl2N4O. The van der Waals surface area contributed by atoms with Crippen LogP contribution in [0.3, 0.4) is 0 Å². The second kappa shape index (κ2) is 7.72. The molecule has 0 spiro atoms. The summed E-state index contributed by atoms with van der Waals surface area (Å²) in [5.41, 5.74) is 3.35.